The van der Waals surface area contributed by atoms with Crippen molar-refractivity contribution >= 4 is 17.9 Å². The third-order valence-electron chi connectivity index (χ3n) is 1.87. The molecule has 2 heteroatoms. The molecule has 1 fully saturated rings. The number of carbonyl (C=O) groups is 1. The first-order valence-corrected chi connectivity index (χ1v) is 3.39. The van der Waals surface area contributed by atoms with Crippen LogP contribution in [0.1, 0.15) is 19.3 Å². The summed E-state index contributed by atoms with van der Waals surface area (Å²) in [5.74, 6) is 0.510. The molecule has 0 spiro atoms. The van der Waals surface area contributed by atoms with Crippen LogP contribution in [0.15, 0.2) is 0 Å². The van der Waals surface area contributed by atoms with E-state index in [1.807, 2.05) is 0 Å². The van der Waals surface area contributed by atoms with Gasteiger partial charge in [0.15, 0.2) is 0 Å². The molecule has 0 aromatic rings. The van der Waals surface area contributed by atoms with Crippen LogP contribution in [-0.4, -0.2) is 12.2 Å². The molecular formula is C6H9ClO. The monoisotopic (exact) mass is 132 g/mol. The maximum atomic E-state index is 10.3. The Hall–Kier alpha value is -0.0400. The fourth-order valence-corrected chi connectivity index (χ4v) is 1.24. The zero-order chi connectivity index (χ0) is 6.04. The molecule has 0 N–H and O–H groups in total. The number of hydrogen-bond acceptors (Lipinski definition) is 1. The molecular weight excluding hydrogens is 124 g/mol. The van der Waals surface area contributed by atoms with Crippen LogP contribution in [0.2, 0.25) is 0 Å². The Morgan fingerprint density at radius 3 is 2.25 bits per heavy atom. The van der Waals surface area contributed by atoms with E-state index in [4.69, 9.17) is 11.6 Å². The summed E-state index contributed by atoms with van der Waals surface area (Å²) >= 11 is 5.53. The van der Waals surface area contributed by atoms with Gasteiger partial charge in [0.2, 0.25) is 0 Å². The molecule has 0 heterocycles. The third kappa shape index (κ3) is 0.752. The van der Waals surface area contributed by atoms with Gasteiger partial charge < -0.3 is 4.79 Å². The number of alkyl halides is 1. The highest BCUT2D eigenvalue weighted by Crippen LogP contribution is 2.39. The van der Waals surface area contributed by atoms with Crippen molar-refractivity contribution in [2.75, 3.05) is 5.88 Å². The minimum atomic E-state index is -0.110. The minimum Gasteiger partial charge on any atom is -0.303 e. The second-order valence-corrected chi connectivity index (χ2v) is 2.73. The molecule has 0 atom stereocenters. The van der Waals surface area contributed by atoms with Gasteiger partial charge >= 0.3 is 0 Å². The predicted molar refractivity (Wildman–Crippen MR) is 33.1 cm³/mol. The lowest BCUT2D eigenvalue weighted by Crippen LogP contribution is -2.32. The fourth-order valence-electron chi connectivity index (χ4n) is 0.914. The fraction of sp³-hybridized carbons (Fsp3) is 0.833. The Morgan fingerprint density at radius 1 is 1.62 bits per heavy atom. The number of hydrogen-bond donors (Lipinski definition) is 0. The molecule has 0 bridgehead atoms. The van der Waals surface area contributed by atoms with Crippen molar-refractivity contribution in [1.29, 1.82) is 0 Å². The summed E-state index contributed by atoms with van der Waals surface area (Å²) in [7, 11) is 0. The van der Waals surface area contributed by atoms with E-state index in [0.29, 0.717) is 5.88 Å². The Morgan fingerprint density at radius 2 is 2.25 bits per heavy atom. The Labute approximate surface area is 54.0 Å². The van der Waals surface area contributed by atoms with Crippen LogP contribution in [0.4, 0.5) is 0 Å². The molecule has 1 aliphatic carbocycles. The number of aldehydes is 1. The Balaban J connectivity index is 2.45. The van der Waals surface area contributed by atoms with E-state index in [1.165, 1.54) is 6.42 Å². The molecule has 0 unspecified atom stereocenters. The van der Waals surface area contributed by atoms with E-state index >= 15 is 0 Å². The lowest BCUT2D eigenvalue weighted by Gasteiger charge is -2.34. The molecule has 1 rings (SSSR count). The molecule has 0 aromatic carbocycles. The van der Waals surface area contributed by atoms with E-state index in [9.17, 15) is 4.79 Å². The van der Waals surface area contributed by atoms with Crippen LogP contribution in [0, 0.1) is 5.41 Å². The summed E-state index contributed by atoms with van der Waals surface area (Å²) in [6.45, 7) is 0. The zero-order valence-electron chi connectivity index (χ0n) is 4.69. The van der Waals surface area contributed by atoms with E-state index in [-0.39, 0.29) is 5.41 Å². The first-order valence-electron chi connectivity index (χ1n) is 2.85. The second-order valence-electron chi connectivity index (χ2n) is 2.47. The normalized spacial score (nSPS) is 24.1. The van der Waals surface area contributed by atoms with Crippen molar-refractivity contribution in [3.05, 3.63) is 0 Å². The molecule has 0 saturated heterocycles. The first-order chi connectivity index (χ1) is 3.83. The summed E-state index contributed by atoms with van der Waals surface area (Å²) < 4.78 is 0. The van der Waals surface area contributed by atoms with Gasteiger partial charge in [-0.15, -0.1) is 11.6 Å². The van der Waals surface area contributed by atoms with Gasteiger partial charge in [-0.05, 0) is 12.8 Å². The van der Waals surface area contributed by atoms with E-state index in [2.05, 4.69) is 0 Å². The molecule has 0 aliphatic heterocycles. The largest absolute Gasteiger partial charge is 0.303 e. The highest BCUT2D eigenvalue weighted by Gasteiger charge is 2.35. The van der Waals surface area contributed by atoms with Crippen LogP contribution in [0.5, 0.6) is 0 Å². The van der Waals surface area contributed by atoms with Crippen molar-refractivity contribution in [3.63, 3.8) is 0 Å². The van der Waals surface area contributed by atoms with Crippen molar-refractivity contribution in [2.24, 2.45) is 5.41 Å². The van der Waals surface area contributed by atoms with E-state index < -0.39 is 0 Å². The highest BCUT2D eigenvalue weighted by atomic mass is 35.5. The number of halogens is 1. The van der Waals surface area contributed by atoms with Gasteiger partial charge in [-0.1, -0.05) is 6.42 Å². The molecule has 1 nitrogen and oxygen atoms in total. The maximum absolute atomic E-state index is 10.3. The lowest BCUT2D eigenvalue weighted by molar-refractivity contribution is -0.118. The SMILES string of the molecule is O=CC1(CCl)CCC1. The molecule has 0 amide bonds. The van der Waals surface area contributed by atoms with Crippen LogP contribution in [0.3, 0.4) is 0 Å². The smallest absolute Gasteiger partial charge is 0.127 e. The number of carbonyl (C=O) groups excluding carboxylic acids is 1. The quantitative estimate of drug-likeness (QED) is 0.412. The molecule has 46 valence electrons. The van der Waals surface area contributed by atoms with Gasteiger partial charge in [-0.2, -0.15) is 0 Å². The van der Waals surface area contributed by atoms with Crippen molar-refractivity contribution in [1.82, 2.24) is 0 Å². The molecule has 0 aromatic heterocycles. The Bertz CT molecular complexity index is 91.2. The average Bonchev–Trinajstić information content (AvgIpc) is 1.67. The molecule has 1 aliphatic rings. The van der Waals surface area contributed by atoms with E-state index in [0.717, 1.165) is 19.1 Å². The highest BCUT2D eigenvalue weighted by molar-refractivity contribution is 6.19. The number of rotatable bonds is 2. The van der Waals surface area contributed by atoms with Crippen molar-refractivity contribution < 1.29 is 4.79 Å². The molecule has 1 saturated carbocycles. The summed E-state index contributed by atoms with van der Waals surface area (Å²) in [6, 6.07) is 0. The first kappa shape index (κ1) is 6.09. The summed E-state index contributed by atoms with van der Waals surface area (Å²) in [5.41, 5.74) is -0.110. The minimum absolute atomic E-state index is 0.110. The lowest BCUT2D eigenvalue weighted by atomic mass is 9.72. The van der Waals surface area contributed by atoms with Crippen LogP contribution < -0.4 is 0 Å². The van der Waals surface area contributed by atoms with Crippen LogP contribution >= 0.6 is 11.6 Å². The molecule has 8 heavy (non-hydrogen) atoms. The van der Waals surface area contributed by atoms with Crippen molar-refractivity contribution in [3.8, 4) is 0 Å². The van der Waals surface area contributed by atoms with E-state index in [1.54, 1.807) is 0 Å². The topological polar surface area (TPSA) is 17.1 Å². The van der Waals surface area contributed by atoms with Gasteiger partial charge in [0.05, 0.1) is 0 Å². The standard InChI is InChI=1S/C6H9ClO/c7-4-6(5-8)2-1-3-6/h5H,1-4H2. The third-order valence-corrected chi connectivity index (χ3v) is 2.40. The summed E-state index contributed by atoms with van der Waals surface area (Å²) in [5, 5.41) is 0. The van der Waals surface area contributed by atoms with Gasteiger partial charge in [-0.25, -0.2) is 0 Å². The summed E-state index contributed by atoms with van der Waals surface area (Å²) in [4.78, 5) is 10.3. The van der Waals surface area contributed by atoms with Crippen molar-refractivity contribution in [2.45, 2.75) is 19.3 Å². The van der Waals surface area contributed by atoms with Crippen LogP contribution in [0.25, 0.3) is 0 Å². The van der Waals surface area contributed by atoms with Crippen LogP contribution in [-0.2, 0) is 4.79 Å². The average molecular weight is 133 g/mol. The zero-order valence-corrected chi connectivity index (χ0v) is 5.45. The maximum Gasteiger partial charge on any atom is 0.127 e. The predicted octanol–water partition coefficient (Wildman–Crippen LogP) is 1.59. The van der Waals surface area contributed by atoms with Gasteiger partial charge in [0, 0.05) is 11.3 Å². The van der Waals surface area contributed by atoms with Gasteiger partial charge in [-0.3, -0.25) is 0 Å². The molecule has 0 radical (unpaired) electrons. The van der Waals surface area contributed by atoms with Gasteiger partial charge in [0.1, 0.15) is 6.29 Å². The second kappa shape index (κ2) is 2.06. The summed E-state index contributed by atoms with van der Waals surface area (Å²) in [6.07, 6.45) is 4.18. The Kier molecular flexibility index (Phi) is 1.57. The van der Waals surface area contributed by atoms with Gasteiger partial charge in [0.25, 0.3) is 0 Å².